The third kappa shape index (κ3) is 8.48. The zero-order valence-electron chi connectivity index (χ0n) is 21.8. The lowest BCUT2D eigenvalue weighted by Gasteiger charge is -2.29. The lowest BCUT2D eigenvalue weighted by Crippen LogP contribution is -2.45. The molecular formula is C25H32F3N3O6S. The van der Waals surface area contributed by atoms with Crippen LogP contribution in [0.15, 0.2) is 30.6 Å². The number of carboxylic acid groups (broad SMARTS) is 1. The van der Waals surface area contributed by atoms with Gasteiger partial charge in [-0.2, -0.15) is 13.2 Å². The SMILES string of the molecule is Cc1ccc(-c2cnc(C(O)(CCS(=O)CCC(NC(=O)OC(C)(C)C)C(=O)O)C(F)(F)F)cn2)c(C)c1. The van der Waals surface area contributed by atoms with Gasteiger partial charge in [0.05, 0.1) is 23.8 Å². The smallest absolute Gasteiger partial charge is 0.423 e. The van der Waals surface area contributed by atoms with Crippen molar-refractivity contribution in [3.8, 4) is 11.3 Å². The van der Waals surface area contributed by atoms with Crippen molar-refractivity contribution in [2.75, 3.05) is 11.5 Å². The molecule has 0 aliphatic rings. The highest BCUT2D eigenvalue weighted by Crippen LogP contribution is 2.41. The Morgan fingerprint density at radius 3 is 2.26 bits per heavy atom. The highest BCUT2D eigenvalue weighted by molar-refractivity contribution is 7.84. The maximum atomic E-state index is 13.9. The van der Waals surface area contributed by atoms with Crippen LogP contribution >= 0.6 is 0 Å². The number of aliphatic hydroxyl groups is 1. The van der Waals surface area contributed by atoms with Crippen LogP contribution in [0.4, 0.5) is 18.0 Å². The molecule has 0 bridgehead atoms. The van der Waals surface area contributed by atoms with E-state index < -0.39 is 64.1 Å². The Hall–Kier alpha value is -3.06. The molecule has 2 aromatic rings. The van der Waals surface area contributed by atoms with Crippen molar-refractivity contribution in [2.24, 2.45) is 0 Å². The molecule has 0 spiro atoms. The van der Waals surface area contributed by atoms with Crippen molar-refractivity contribution in [2.45, 2.75) is 70.9 Å². The summed E-state index contributed by atoms with van der Waals surface area (Å²) in [6.07, 6.45) is -5.47. The summed E-state index contributed by atoms with van der Waals surface area (Å²) >= 11 is 0. The molecule has 0 aliphatic carbocycles. The average molecular weight is 560 g/mol. The molecule has 0 aliphatic heterocycles. The zero-order chi connectivity index (χ0) is 28.9. The molecule has 3 atom stereocenters. The van der Waals surface area contributed by atoms with Gasteiger partial charge < -0.3 is 20.3 Å². The van der Waals surface area contributed by atoms with E-state index in [9.17, 15) is 37.2 Å². The molecule has 1 heterocycles. The van der Waals surface area contributed by atoms with Crippen LogP contribution in [-0.2, 0) is 25.9 Å². The third-order valence-corrected chi connectivity index (χ3v) is 6.87. The number of carbonyl (C=O) groups is 2. The third-order valence-electron chi connectivity index (χ3n) is 5.52. The van der Waals surface area contributed by atoms with Gasteiger partial charge >= 0.3 is 18.2 Å². The van der Waals surface area contributed by atoms with Crippen molar-refractivity contribution in [3.05, 3.63) is 47.4 Å². The summed E-state index contributed by atoms with van der Waals surface area (Å²) in [4.78, 5) is 31.2. The zero-order valence-corrected chi connectivity index (χ0v) is 22.6. The number of halogens is 3. The van der Waals surface area contributed by atoms with Gasteiger partial charge in [0.1, 0.15) is 11.6 Å². The lowest BCUT2D eigenvalue weighted by atomic mass is 9.95. The Bertz CT molecular complexity index is 1170. The number of nitrogens with zero attached hydrogens (tertiary/aromatic N) is 2. The number of aliphatic carboxylic acids is 1. The molecule has 3 N–H and O–H groups in total. The first-order chi connectivity index (χ1) is 17.4. The van der Waals surface area contributed by atoms with Crippen LogP contribution in [0.1, 0.15) is 50.4 Å². The lowest BCUT2D eigenvalue weighted by molar-refractivity contribution is -0.269. The second-order valence-corrected chi connectivity index (χ2v) is 11.6. The normalized spacial score (nSPS) is 15.3. The van der Waals surface area contributed by atoms with Crippen molar-refractivity contribution in [1.82, 2.24) is 15.3 Å². The van der Waals surface area contributed by atoms with Crippen LogP contribution in [-0.4, -0.2) is 65.8 Å². The van der Waals surface area contributed by atoms with Crippen LogP contribution in [0, 0.1) is 13.8 Å². The number of carbonyl (C=O) groups excluding carboxylic acids is 1. The number of ether oxygens (including phenoxy) is 1. The number of alkyl halides is 3. The molecule has 210 valence electrons. The predicted octanol–water partition coefficient (Wildman–Crippen LogP) is 4.02. The summed E-state index contributed by atoms with van der Waals surface area (Å²) in [5.41, 5.74) is -2.17. The van der Waals surface area contributed by atoms with Gasteiger partial charge in [0.2, 0.25) is 5.60 Å². The van der Waals surface area contributed by atoms with E-state index in [0.717, 1.165) is 23.5 Å². The summed E-state index contributed by atoms with van der Waals surface area (Å²) < 4.78 is 59.2. The van der Waals surface area contributed by atoms with Gasteiger partial charge in [-0.15, -0.1) is 0 Å². The molecule has 1 aromatic carbocycles. The molecule has 9 nitrogen and oxygen atoms in total. The Kier molecular flexibility index (Phi) is 10.0. The van der Waals surface area contributed by atoms with Crippen LogP contribution in [0.2, 0.25) is 0 Å². The first-order valence-corrected chi connectivity index (χ1v) is 13.2. The Labute approximate surface area is 221 Å². The van der Waals surface area contributed by atoms with E-state index in [1.807, 2.05) is 26.0 Å². The van der Waals surface area contributed by atoms with Gasteiger partial charge in [0.25, 0.3) is 0 Å². The average Bonchev–Trinajstić information content (AvgIpc) is 2.78. The van der Waals surface area contributed by atoms with Crippen LogP contribution in [0.3, 0.4) is 0 Å². The van der Waals surface area contributed by atoms with E-state index >= 15 is 0 Å². The summed E-state index contributed by atoms with van der Waals surface area (Å²) in [6.45, 7) is 8.48. The number of aromatic nitrogens is 2. The second-order valence-electron chi connectivity index (χ2n) is 9.89. The molecule has 1 amide bonds. The number of amides is 1. The summed E-state index contributed by atoms with van der Waals surface area (Å²) in [7, 11) is -1.95. The number of nitrogens with one attached hydrogen (secondary N) is 1. The van der Waals surface area contributed by atoms with Crippen LogP contribution in [0.5, 0.6) is 0 Å². The predicted molar refractivity (Wildman–Crippen MR) is 135 cm³/mol. The molecule has 13 heteroatoms. The van der Waals surface area contributed by atoms with Crippen molar-refractivity contribution in [1.29, 1.82) is 0 Å². The van der Waals surface area contributed by atoms with E-state index in [4.69, 9.17) is 4.74 Å². The van der Waals surface area contributed by atoms with E-state index in [-0.39, 0.29) is 12.2 Å². The fraction of sp³-hybridized carbons (Fsp3) is 0.520. The maximum absolute atomic E-state index is 13.9. The first-order valence-electron chi connectivity index (χ1n) is 11.7. The van der Waals surface area contributed by atoms with Gasteiger partial charge in [-0.25, -0.2) is 9.59 Å². The molecule has 0 fully saturated rings. The van der Waals surface area contributed by atoms with Gasteiger partial charge in [-0.1, -0.05) is 23.8 Å². The fourth-order valence-corrected chi connectivity index (χ4v) is 4.74. The number of aryl methyl sites for hydroxylation is 2. The molecule has 2 rings (SSSR count). The minimum atomic E-state index is -5.14. The second kappa shape index (κ2) is 12.2. The van der Waals surface area contributed by atoms with E-state index in [0.29, 0.717) is 11.3 Å². The minimum absolute atomic E-state index is 0.323. The molecular weight excluding hydrogens is 527 g/mol. The van der Waals surface area contributed by atoms with Gasteiger partial charge in [0.15, 0.2) is 0 Å². The maximum Gasteiger partial charge on any atom is 0.423 e. The molecule has 0 saturated carbocycles. The quantitative estimate of drug-likeness (QED) is 0.397. The van der Waals surface area contributed by atoms with Gasteiger partial charge in [0, 0.05) is 34.3 Å². The molecule has 38 heavy (non-hydrogen) atoms. The molecule has 0 saturated heterocycles. The number of alkyl carbamates (subject to hydrolysis) is 1. The highest BCUT2D eigenvalue weighted by atomic mass is 32.2. The minimum Gasteiger partial charge on any atom is -0.480 e. The molecule has 3 unspecified atom stereocenters. The highest BCUT2D eigenvalue weighted by Gasteiger charge is 2.56. The Morgan fingerprint density at radius 2 is 1.76 bits per heavy atom. The number of hydrogen-bond acceptors (Lipinski definition) is 7. The summed E-state index contributed by atoms with van der Waals surface area (Å²) in [6, 6.07) is 4.04. The van der Waals surface area contributed by atoms with Crippen LogP contribution in [0.25, 0.3) is 11.3 Å². The number of hydrogen-bond donors (Lipinski definition) is 3. The number of rotatable bonds is 10. The van der Waals surface area contributed by atoms with E-state index in [1.165, 1.54) is 0 Å². The molecule has 1 aromatic heterocycles. The first kappa shape index (κ1) is 31.2. The summed E-state index contributed by atoms with van der Waals surface area (Å²) in [5, 5.41) is 22.0. The van der Waals surface area contributed by atoms with Crippen LogP contribution < -0.4 is 5.32 Å². The van der Waals surface area contributed by atoms with Gasteiger partial charge in [-0.05, 0) is 46.6 Å². The number of carboxylic acids is 1. The topological polar surface area (TPSA) is 139 Å². The summed E-state index contributed by atoms with van der Waals surface area (Å²) in [5.74, 6) is -2.35. The fourth-order valence-electron chi connectivity index (χ4n) is 3.52. The number of benzene rings is 1. The standard InChI is InChI=1S/C25H32F3N3O6S/c1-15-6-7-17(16(2)12-15)19-13-30-20(14-29-19)24(35,25(26,27)28)9-11-38(36)10-8-18(21(32)33)31-22(34)37-23(3,4)5/h6-7,12-14,18,35H,8-11H2,1-5H3,(H,31,34)(H,32,33). The largest absolute Gasteiger partial charge is 0.480 e. The van der Waals surface area contributed by atoms with Crippen molar-refractivity contribution in [3.63, 3.8) is 0 Å². The van der Waals surface area contributed by atoms with E-state index in [1.54, 1.807) is 26.8 Å². The van der Waals surface area contributed by atoms with Crippen molar-refractivity contribution >= 4 is 22.9 Å². The van der Waals surface area contributed by atoms with E-state index in [2.05, 4.69) is 15.3 Å². The monoisotopic (exact) mass is 559 g/mol. The molecule has 0 radical (unpaired) electrons. The van der Waals surface area contributed by atoms with Crippen molar-refractivity contribution < 1.29 is 41.9 Å². The Balaban J connectivity index is 2.10. The van der Waals surface area contributed by atoms with Gasteiger partial charge in [-0.3, -0.25) is 14.2 Å². The Morgan fingerprint density at radius 1 is 1.11 bits per heavy atom.